The predicted molar refractivity (Wildman–Crippen MR) is 252 cm³/mol. The number of aliphatic hydroxyl groups is 2. The van der Waals surface area contributed by atoms with Gasteiger partial charge in [-0.2, -0.15) is 0 Å². The smallest absolute Gasteiger partial charge is 0.410 e. The molecule has 7 rings (SSSR count). The summed E-state index contributed by atoms with van der Waals surface area (Å²) in [5, 5.41) is 24.2. The molecule has 1 amide bonds. The van der Waals surface area contributed by atoms with Gasteiger partial charge in [-0.3, -0.25) is 19.7 Å². The number of amides is 1. The fraction of sp³-hybridized carbons (Fsp3) is 0.725. The first-order chi connectivity index (χ1) is 31.6. The summed E-state index contributed by atoms with van der Waals surface area (Å²) in [7, 11) is 5.40. The van der Waals surface area contributed by atoms with Gasteiger partial charge in [0.15, 0.2) is 18.2 Å². The minimum atomic E-state index is -1.22. The van der Waals surface area contributed by atoms with Crippen molar-refractivity contribution in [2.75, 3.05) is 40.9 Å². The number of cyclic esters (lactones) is 1. The highest BCUT2D eigenvalue weighted by atomic mass is 16.7. The first-order valence-corrected chi connectivity index (χ1v) is 24.2. The van der Waals surface area contributed by atoms with Crippen LogP contribution in [0.2, 0.25) is 0 Å². The van der Waals surface area contributed by atoms with Crippen molar-refractivity contribution in [3.05, 3.63) is 48.2 Å². The van der Waals surface area contributed by atoms with E-state index in [-0.39, 0.29) is 37.0 Å². The van der Waals surface area contributed by atoms with E-state index in [0.29, 0.717) is 25.9 Å². The van der Waals surface area contributed by atoms with Crippen LogP contribution in [0.5, 0.6) is 0 Å². The Balaban J connectivity index is 1.35. The second-order valence-electron chi connectivity index (χ2n) is 20.8. The lowest BCUT2D eigenvalue weighted by Gasteiger charge is -2.50. The second kappa shape index (κ2) is 20.4. The molecule has 16 heteroatoms. The van der Waals surface area contributed by atoms with Crippen molar-refractivity contribution in [3.63, 3.8) is 0 Å². The molecule has 5 aliphatic rings. The van der Waals surface area contributed by atoms with Crippen molar-refractivity contribution < 1.29 is 57.7 Å². The number of esters is 1. The Morgan fingerprint density at radius 3 is 2.40 bits per heavy atom. The maximum absolute atomic E-state index is 14.8. The van der Waals surface area contributed by atoms with E-state index in [1.165, 1.54) is 0 Å². The molecular formula is C51H76N4O12. The number of carbonyl (C=O) groups is 2. The highest BCUT2D eigenvalue weighted by molar-refractivity contribution is 5.91. The van der Waals surface area contributed by atoms with Gasteiger partial charge in [0, 0.05) is 55.2 Å². The zero-order chi connectivity index (χ0) is 48.7. The first-order valence-electron chi connectivity index (χ1n) is 24.2. The maximum atomic E-state index is 14.8. The SMILES string of the molecule is CO[C@]1(C)CC(O[C@H]2[C@H](C)[C@@H](O[C@H]3O[C@@H](C)C[C@@H](N(C)C)C3O)[C@@](C)(OC/C=C/c3cnc4ccccc4c3)C[C@@H](C)C3=NCCN4C(=O)O[C@](C)([C@@H](C)OC(=O)[C@@H]2C)[C@H]4[C@H]3C)O[C@@H](C)[C@@H]1O. The number of hydrogen-bond acceptors (Lipinski definition) is 15. The molecule has 0 aliphatic carbocycles. The van der Waals surface area contributed by atoms with E-state index in [2.05, 4.69) is 24.9 Å². The average Bonchev–Trinajstić information content (AvgIpc) is 3.41. The fourth-order valence-electron chi connectivity index (χ4n) is 11.6. The Hall–Kier alpha value is -3.58. The Labute approximate surface area is 396 Å². The van der Waals surface area contributed by atoms with Crippen LogP contribution in [-0.4, -0.2) is 168 Å². The van der Waals surface area contributed by atoms with Crippen molar-refractivity contribution in [2.45, 2.75) is 173 Å². The number of aromatic nitrogens is 1. The van der Waals surface area contributed by atoms with Crippen LogP contribution in [0.3, 0.4) is 0 Å². The van der Waals surface area contributed by atoms with E-state index >= 15 is 0 Å². The fourth-order valence-corrected chi connectivity index (χ4v) is 11.6. The quantitative estimate of drug-likeness (QED) is 0.264. The van der Waals surface area contributed by atoms with Crippen LogP contribution in [0, 0.1) is 23.7 Å². The van der Waals surface area contributed by atoms with E-state index in [4.69, 9.17) is 42.9 Å². The molecule has 4 fully saturated rings. The summed E-state index contributed by atoms with van der Waals surface area (Å²) in [6.45, 7) is 19.9. The molecule has 2 unspecified atom stereocenters. The number of likely N-dealkylation sites (N-methyl/N-ethyl adjacent to an activating group) is 1. The summed E-state index contributed by atoms with van der Waals surface area (Å²) in [5.74, 6) is -2.76. The largest absolute Gasteiger partial charge is 0.458 e. The van der Waals surface area contributed by atoms with E-state index < -0.39 is 95.9 Å². The van der Waals surface area contributed by atoms with Gasteiger partial charge in [-0.25, -0.2) is 4.79 Å². The molecule has 1 aromatic carbocycles. The zero-order valence-corrected chi connectivity index (χ0v) is 41.8. The average molecular weight is 937 g/mol. The molecule has 2 N–H and O–H groups in total. The summed E-state index contributed by atoms with van der Waals surface area (Å²) >= 11 is 0. The van der Waals surface area contributed by atoms with Crippen LogP contribution in [-0.2, 0) is 42.7 Å². The normalized spacial score (nSPS) is 42.3. The van der Waals surface area contributed by atoms with Gasteiger partial charge in [0.05, 0.1) is 66.2 Å². The molecule has 0 saturated carbocycles. The standard InChI is InChI=1S/C51H76N4O12/c1-28-25-50(9,61-22-16-17-35-24-36-18-14-15-19-37(36)53-27-35)45(66-47-41(56)38(54(11)12)23-29(2)62-47)31(4)42(65-39-26-49(8,60-13)44(57)33(6)63-39)32(5)46(58)64-34(7)51(10)43-30(3)40(28)52-20-21-55(43)48(59)67-51/h14-19,24,27-34,38-39,41-45,47,56-57H,20-23,25-26H2,1-13H3/b17-16+/t28-,29+,30+,31+,32-,33+,34-,38-,39?,41?,42+,43-,44+,45-,47-,49-,50+,51-/m1/s1. The number of hydrogen-bond donors (Lipinski definition) is 2. The van der Waals surface area contributed by atoms with Gasteiger partial charge >= 0.3 is 12.1 Å². The second-order valence-corrected chi connectivity index (χ2v) is 20.8. The summed E-state index contributed by atoms with van der Waals surface area (Å²) in [6.07, 6.45) is -1.32. The molecule has 0 radical (unpaired) electrons. The van der Waals surface area contributed by atoms with Crippen molar-refractivity contribution in [3.8, 4) is 0 Å². The number of benzene rings is 1. The highest BCUT2D eigenvalue weighted by Gasteiger charge is 2.60. The third-order valence-electron chi connectivity index (χ3n) is 15.6. The lowest BCUT2D eigenvalue weighted by atomic mass is 9.73. The lowest BCUT2D eigenvalue weighted by Crippen LogP contribution is -2.61. The Bertz CT molecular complexity index is 2120. The van der Waals surface area contributed by atoms with Gasteiger partial charge < -0.3 is 53.0 Å². The number of nitrogens with zero attached hydrogens (tertiary/aromatic N) is 4. The molecule has 18 atom stereocenters. The number of fused-ring (bicyclic) bond motifs is 2. The molecule has 0 spiro atoms. The molecule has 2 bridgehead atoms. The molecule has 5 aliphatic heterocycles. The number of para-hydroxylation sites is 1. The summed E-state index contributed by atoms with van der Waals surface area (Å²) in [4.78, 5) is 42.0. The molecular weight excluding hydrogens is 861 g/mol. The Morgan fingerprint density at radius 1 is 0.955 bits per heavy atom. The van der Waals surface area contributed by atoms with Crippen molar-refractivity contribution in [1.29, 1.82) is 0 Å². The van der Waals surface area contributed by atoms with Crippen LogP contribution >= 0.6 is 0 Å². The van der Waals surface area contributed by atoms with Gasteiger partial charge in [-0.15, -0.1) is 0 Å². The molecule has 372 valence electrons. The van der Waals surface area contributed by atoms with Crippen LogP contribution in [0.4, 0.5) is 4.79 Å². The Kier molecular flexibility index (Phi) is 15.6. The molecule has 16 nitrogen and oxygen atoms in total. The van der Waals surface area contributed by atoms with Crippen molar-refractivity contribution in [1.82, 2.24) is 14.8 Å². The third-order valence-corrected chi connectivity index (χ3v) is 15.6. The van der Waals surface area contributed by atoms with Crippen LogP contribution in [0.1, 0.15) is 94.1 Å². The zero-order valence-electron chi connectivity index (χ0n) is 41.8. The first kappa shape index (κ1) is 51.3. The van der Waals surface area contributed by atoms with Crippen LogP contribution < -0.4 is 0 Å². The third kappa shape index (κ3) is 10.3. The molecule has 2 aromatic rings. The van der Waals surface area contributed by atoms with Gasteiger partial charge in [-0.05, 0) is 99.0 Å². The minimum absolute atomic E-state index is 0.150. The highest BCUT2D eigenvalue weighted by Crippen LogP contribution is 2.45. The topological polar surface area (TPSA) is 180 Å². The van der Waals surface area contributed by atoms with Crippen molar-refractivity contribution >= 4 is 34.8 Å². The number of aliphatic imine (C=N–C) groups is 1. The Morgan fingerprint density at radius 2 is 1.69 bits per heavy atom. The summed E-state index contributed by atoms with van der Waals surface area (Å²) in [5.41, 5.74) is -0.755. The number of pyridine rings is 1. The van der Waals surface area contributed by atoms with E-state index in [0.717, 1.165) is 22.2 Å². The lowest BCUT2D eigenvalue weighted by molar-refractivity contribution is -0.320. The number of methoxy groups -OCH3 is 1. The summed E-state index contributed by atoms with van der Waals surface area (Å²) < 4.78 is 52.8. The molecule has 4 saturated heterocycles. The predicted octanol–water partition coefficient (Wildman–Crippen LogP) is 6.03. The number of ether oxygens (including phenoxy) is 8. The van der Waals surface area contributed by atoms with Gasteiger partial charge in [0.2, 0.25) is 0 Å². The van der Waals surface area contributed by atoms with Gasteiger partial charge in [0.25, 0.3) is 0 Å². The number of rotatable bonds is 10. The minimum Gasteiger partial charge on any atom is -0.458 e. The number of carbonyl (C=O) groups excluding carboxylic acids is 2. The number of aliphatic hydroxyl groups excluding tert-OH is 2. The van der Waals surface area contributed by atoms with Crippen molar-refractivity contribution in [2.24, 2.45) is 28.7 Å². The monoisotopic (exact) mass is 937 g/mol. The van der Waals surface area contributed by atoms with E-state index in [9.17, 15) is 19.8 Å². The maximum Gasteiger partial charge on any atom is 0.410 e. The van der Waals surface area contributed by atoms with Crippen LogP contribution in [0.25, 0.3) is 17.0 Å². The molecule has 1 aromatic heterocycles. The van der Waals surface area contributed by atoms with E-state index in [1.807, 2.05) is 96.2 Å². The molecule has 67 heavy (non-hydrogen) atoms. The van der Waals surface area contributed by atoms with E-state index in [1.54, 1.807) is 32.8 Å². The molecule has 6 heterocycles. The van der Waals surface area contributed by atoms with Gasteiger partial charge in [-0.1, -0.05) is 51.1 Å². The van der Waals surface area contributed by atoms with Gasteiger partial charge in [0.1, 0.15) is 18.3 Å². The van der Waals surface area contributed by atoms with Crippen LogP contribution in [0.15, 0.2) is 47.6 Å². The summed E-state index contributed by atoms with van der Waals surface area (Å²) in [6, 6.07) is 9.25.